The van der Waals surface area contributed by atoms with Crippen LogP contribution in [-0.4, -0.2) is 23.0 Å². The molecule has 2 atom stereocenters. The van der Waals surface area contributed by atoms with Crippen LogP contribution in [0.3, 0.4) is 0 Å². The fraction of sp³-hybridized carbons (Fsp3) is 0.391. The van der Waals surface area contributed by atoms with Crippen LogP contribution >= 0.6 is 11.3 Å². The Bertz CT molecular complexity index is 995. The summed E-state index contributed by atoms with van der Waals surface area (Å²) in [6.45, 7) is 3.95. The number of allylic oxidation sites excluding steroid dienone is 3. The van der Waals surface area contributed by atoms with Crippen molar-refractivity contribution in [3.8, 4) is 0 Å². The molecule has 2 heterocycles. The van der Waals surface area contributed by atoms with Crippen molar-refractivity contribution in [3.05, 3.63) is 69.9 Å². The van der Waals surface area contributed by atoms with Crippen molar-refractivity contribution in [2.24, 2.45) is 5.73 Å². The van der Waals surface area contributed by atoms with E-state index in [1.807, 2.05) is 19.9 Å². The van der Waals surface area contributed by atoms with Gasteiger partial charge in [-0.15, -0.1) is 11.3 Å². The van der Waals surface area contributed by atoms with Gasteiger partial charge in [0, 0.05) is 35.3 Å². The number of nitrogens with two attached hydrogens (primary N) is 1. The molecule has 0 spiro atoms. The summed E-state index contributed by atoms with van der Waals surface area (Å²) in [6, 6.07) is 4.68. The van der Waals surface area contributed by atoms with Crippen LogP contribution in [0.2, 0.25) is 0 Å². The molecule has 172 valence electrons. The van der Waals surface area contributed by atoms with Crippen LogP contribution in [0.5, 0.6) is 0 Å². The summed E-state index contributed by atoms with van der Waals surface area (Å²) in [5.41, 5.74) is 8.25. The van der Waals surface area contributed by atoms with Gasteiger partial charge < -0.3 is 16.4 Å². The van der Waals surface area contributed by atoms with Crippen molar-refractivity contribution < 1.29 is 18.0 Å². The van der Waals surface area contributed by atoms with Crippen LogP contribution in [-0.2, 0) is 23.8 Å². The molecule has 9 heteroatoms. The number of amides is 1. The standard InChI is InChI=1S/C23H27F3N4OS/c1-3-4-20-16(12-21(31)30-20)7-10-18-13-28-22(32-18)29-14(2)19(27)11-15-5-8-17(9-6-15)23(24,25)26/h4-9,13-14,19H,3,10-12,27H2,1-2H3,(H,28,29)(H,30,31)/b16-7-,20-4+/t14-,19-/m0/s1. The van der Waals surface area contributed by atoms with Gasteiger partial charge in [0.15, 0.2) is 5.13 Å². The Morgan fingerprint density at radius 3 is 2.66 bits per heavy atom. The average Bonchev–Trinajstić information content (AvgIpc) is 3.32. The summed E-state index contributed by atoms with van der Waals surface area (Å²) in [6.07, 6.45) is 3.89. The van der Waals surface area contributed by atoms with Crippen LogP contribution in [0.4, 0.5) is 18.3 Å². The second-order valence-corrected chi connectivity index (χ2v) is 8.93. The lowest BCUT2D eigenvalue weighted by atomic mass is 10.0. The number of anilines is 1. The van der Waals surface area contributed by atoms with Gasteiger partial charge in [0.2, 0.25) is 5.91 Å². The number of aromatic nitrogens is 1. The Hall–Kier alpha value is -2.65. The Morgan fingerprint density at radius 2 is 2.00 bits per heavy atom. The maximum Gasteiger partial charge on any atom is 0.416 e. The zero-order valence-electron chi connectivity index (χ0n) is 18.0. The van der Waals surface area contributed by atoms with Crippen molar-refractivity contribution in [1.29, 1.82) is 0 Å². The summed E-state index contributed by atoms with van der Waals surface area (Å²) in [7, 11) is 0. The smallest absolute Gasteiger partial charge is 0.357 e. The predicted molar refractivity (Wildman–Crippen MR) is 121 cm³/mol. The Balaban J connectivity index is 1.55. The second kappa shape index (κ2) is 10.3. The van der Waals surface area contributed by atoms with Crippen LogP contribution in [0, 0.1) is 0 Å². The first-order valence-corrected chi connectivity index (χ1v) is 11.3. The SMILES string of the molecule is CC/C=C1/NC(=O)C/C1=C/Cc1cnc(N[C@@H](C)[C@@H](N)Cc2ccc(C(F)(F)F)cc2)s1. The number of nitrogens with zero attached hydrogens (tertiary/aromatic N) is 1. The maximum absolute atomic E-state index is 12.7. The maximum atomic E-state index is 12.7. The van der Waals surface area contributed by atoms with Crippen molar-refractivity contribution in [3.63, 3.8) is 0 Å². The van der Waals surface area contributed by atoms with E-state index < -0.39 is 11.7 Å². The molecule has 5 nitrogen and oxygen atoms in total. The highest BCUT2D eigenvalue weighted by molar-refractivity contribution is 7.15. The average molecular weight is 465 g/mol. The molecule has 1 fully saturated rings. The Morgan fingerprint density at radius 1 is 1.28 bits per heavy atom. The molecule has 0 bridgehead atoms. The third-order valence-electron chi connectivity index (χ3n) is 5.23. The van der Waals surface area contributed by atoms with Gasteiger partial charge in [-0.25, -0.2) is 4.98 Å². The molecule has 1 aliphatic heterocycles. The molecule has 4 N–H and O–H groups in total. The zero-order valence-corrected chi connectivity index (χ0v) is 18.8. The lowest BCUT2D eigenvalue weighted by molar-refractivity contribution is -0.137. The molecule has 2 aromatic rings. The topological polar surface area (TPSA) is 80.0 Å². The number of carbonyl (C=O) groups is 1. The minimum absolute atomic E-state index is 0.0125. The van der Waals surface area contributed by atoms with Crippen molar-refractivity contribution in [1.82, 2.24) is 10.3 Å². The summed E-state index contributed by atoms with van der Waals surface area (Å²) < 4.78 is 38.1. The molecule has 32 heavy (non-hydrogen) atoms. The fourth-order valence-electron chi connectivity index (χ4n) is 3.38. The molecule has 0 saturated carbocycles. The lowest BCUT2D eigenvalue weighted by Crippen LogP contribution is -2.39. The van der Waals surface area contributed by atoms with Gasteiger partial charge in [-0.05, 0) is 43.0 Å². The van der Waals surface area contributed by atoms with Crippen LogP contribution in [0.25, 0.3) is 0 Å². The highest BCUT2D eigenvalue weighted by atomic mass is 32.1. The molecule has 1 saturated heterocycles. The normalized spacial score (nSPS) is 18.8. The number of carbonyl (C=O) groups excluding carboxylic acids is 1. The number of hydrogen-bond acceptors (Lipinski definition) is 5. The van der Waals surface area contributed by atoms with Crippen LogP contribution in [0.15, 0.2) is 53.9 Å². The monoisotopic (exact) mass is 464 g/mol. The van der Waals surface area contributed by atoms with E-state index in [1.165, 1.54) is 23.5 Å². The fourth-order valence-corrected chi connectivity index (χ4v) is 4.25. The van der Waals surface area contributed by atoms with E-state index in [0.29, 0.717) is 19.3 Å². The molecule has 0 radical (unpaired) electrons. The van der Waals surface area contributed by atoms with E-state index in [4.69, 9.17) is 5.73 Å². The molecular formula is C23H27F3N4OS. The van der Waals surface area contributed by atoms with Crippen LogP contribution < -0.4 is 16.4 Å². The Labute approximate surface area is 189 Å². The quantitative estimate of drug-likeness (QED) is 0.524. The van der Waals surface area contributed by atoms with E-state index in [-0.39, 0.29) is 18.0 Å². The summed E-state index contributed by atoms with van der Waals surface area (Å²) in [4.78, 5) is 17.1. The van der Waals surface area contributed by atoms with Gasteiger partial charge in [-0.1, -0.05) is 31.2 Å². The third kappa shape index (κ3) is 6.43. The van der Waals surface area contributed by atoms with Crippen LogP contribution in [0.1, 0.15) is 42.7 Å². The van der Waals surface area contributed by atoms with Gasteiger partial charge >= 0.3 is 6.18 Å². The van der Waals surface area contributed by atoms with E-state index in [0.717, 1.165) is 45.4 Å². The van der Waals surface area contributed by atoms with Gasteiger partial charge in [0.1, 0.15) is 0 Å². The lowest BCUT2D eigenvalue weighted by Gasteiger charge is -2.21. The molecule has 1 aromatic heterocycles. The van der Waals surface area contributed by atoms with Crippen molar-refractivity contribution in [2.75, 3.05) is 5.32 Å². The molecule has 0 aliphatic carbocycles. The number of rotatable bonds is 8. The van der Waals surface area contributed by atoms with Crippen molar-refractivity contribution >= 4 is 22.4 Å². The van der Waals surface area contributed by atoms with Gasteiger partial charge in [0.25, 0.3) is 0 Å². The molecule has 1 amide bonds. The molecule has 0 unspecified atom stereocenters. The largest absolute Gasteiger partial charge is 0.416 e. The van der Waals surface area contributed by atoms with Gasteiger partial charge in [-0.3, -0.25) is 4.79 Å². The zero-order chi connectivity index (χ0) is 23.3. The minimum Gasteiger partial charge on any atom is -0.357 e. The number of halogens is 3. The predicted octanol–water partition coefficient (Wildman–Crippen LogP) is 4.82. The minimum atomic E-state index is -4.34. The Kier molecular flexibility index (Phi) is 7.73. The summed E-state index contributed by atoms with van der Waals surface area (Å²) in [5.74, 6) is 0.0125. The van der Waals surface area contributed by atoms with E-state index in [2.05, 4.69) is 21.7 Å². The molecule has 3 rings (SSSR count). The van der Waals surface area contributed by atoms with Gasteiger partial charge in [-0.2, -0.15) is 13.2 Å². The number of hydrogen-bond donors (Lipinski definition) is 3. The summed E-state index contributed by atoms with van der Waals surface area (Å²) in [5, 5.41) is 6.90. The van der Waals surface area contributed by atoms with E-state index >= 15 is 0 Å². The molecule has 1 aromatic carbocycles. The second-order valence-electron chi connectivity index (χ2n) is 7.81. The summed E-state index contributed by atoms with van der Waals surface area (Å²) >= 11 is 1.52. The third-order valence-corrected chi connectivity index (χ3v) is 6.18. The number of thiazole rings is 1. The van der Waals surface area contributed by atoms with E-state index in [1.54, 1.807) is 6.20 Å². The first kappa shape index (κ1) is 24.0. The molecular weight excluding hydrogens is 437 g/mol. The first-order valence-electron chi connectivity index (χ1n) is 10.5. The first-order chi connectivity index (χ1) is 15.2. The highest BCUT2D eigenvalue weighted by Gasteiger charge is 2.30. The van der Waals surface area contributed by atoms with Crippen molar-refractivity contribution in [2.45, 2.75) is 57.8 Å². The number of alkyl halides is 3. The number of nitrogens with one attached hydrogen (secondary N) is 2. The van der Waals surface area contributed by atoms with E-state index in [9.17, 15) is 18.0 Å². The number of benzene rings is 1. The molecule has 1 aliphatic rings. The van der Waals surface area contributed by atoms with Gasteiger partial charge in [0.05, 0.1) is 12.0 Å². The highest BCUT2D eigenvalue weighted by Crippen LogP contribution is 2.29.